The van der Waals surface area contributed by atoms with Crippen molar-refractivity contribution in [1.29, 1.82) is 0 Å². The molecule has 0 saturated carbocycles. The van der Waals surface area contributed by atoms with Gasteiger partial charge in [-0.3, -0.25) is 0 Å². The molecule has 1 heterocycles. The second-order valence-corrected chi connectivity index (χ2v) is 6.28. The standard InChI is InChI=1S/C18H30N2/c1-15-8-9-18(14-16(15)2)17(3)19-10-7-13-20-11-5-4-6-12-20/h8-9,14,17,19H,4-7,10-13H2,1-3H3. The average molecular weight is 274 g/mol. The fraction of sp³-hybridized carbons (Fsp3) is 0.667. The van der Waals surface area contributed by atoms with Gasteiger partial charge in [0.15, 0.2) is 0 Å². The topological polar surface area (TPSA) is 15.3 Å². The Kier molecular flexibility index (Phi) is 6.06. The molecular formula is C18H30N2. The normalized spacial score (nSPS) is 18.1. The van der Waals surface area contributed by atoms with Crippen LogP contribution in [-0.2, 0) is 0 Å². The van der Waals surface area contributed by atoms with E-state index in [0.29, 0.717) is 6.04 Å². The third kappa shape index (κ3) is 4.60. The van der Waals surface area contributed by atoms with E-state index in [0.717, 1.165) is 6.54 Å². The van der Waals surface area contributed by atoms with Crippen molar-refractivity contribution in [2.45, 2.75) is 52.5 Å². The molecule has 1 unspecified atom stereocenters. The van der Waals surface area contributed by atoms with E-state index in [2.05, 4.69) is 49.2 Å². The van der Waals surface area contributed by atoms with Gasteiger partial charge < -0.3 is 10.2 Å². The smallest absolute Gasteiger partial charge is 0.0291 e. The molecule has 2 nitrogen and oxygen atoms in total. The van der Waals surface area contributed by atoms with Crippen molar-refractivity contribution in [2.75, 3.05) is 26.2 Å². The highest BCUT2D eigenvalue weighted by molar-refractivity contribution is 5.31. The first kappa shape index (κ1) is 15.5. The van der Waals surface area contributed by atoms with E-state index in [1.165, 1.54) is 62.0 Å². The van der Waals surface area contributed by atoms with E-state index in [4.69, 9.17) is 0 Å². The monoisotopic (exact) mass is 274 g/mol. The summed E-state index contributed by atoms with van der Waals surface area (Å²) >= 11 is 0. The lowest BCUT2D eigenvalue weighted by Crippen LogP contribution is -2.32. The summed E-state index contributed by atoms with van der Waals surface area (Å²) in [7, 11) is 0. The maximum atomic E-state index is 3.66. The number of nitrogens with one attached hydrogen (secondary N) is 1. The van der Waals surface area contributed by atoms with Gasteiger partial charge in [0.25, 0.3) is 0 Å². The summed E-state index contributed by atoms with van der Waals surface area (Å²) in [4.78, 5) is 2.62. The van der Waals surface area contributed by atoms with Crippen LogP contribution in [0.4, 0.5) is 0 Å². The van der Waals surface area contributed by atoms with E-state index in [1.54, 1.807) is 0 Å². The maximum Gasteiger partial charge on any atom is 0.0291 e. The minimum Gasteiger partial charge on any atom is -0.310 e. The number of aryl methyl sites for hydroxylation is 2. The fourth-order valence-electron chi connectivity index (χ4n) is 2.96. The molecule has 112 valence electrons. The molecule has 1 saturated heterocycles. The van der Waals surface area contributed by atoms with E-state index >= 15 is 0 Å². The molecule has 20 heavy (non-hydrogen) atoms. The van der Waals surface area contributed by atoms with E-state index < -0.39 is 0 Å². The van der Waals surface area contributed by atoms with Gasteiger partial charge in [-0.1, -0.05) is 24.6 Å². The van der Waals surface area contributed by atoms with Crippen molar-refractivity contribution in [1.82, 2.24) is 10.2 Å². The predicted octanol–water partition coefficient (Wildman–Crippen LogP) is 3.83. The molecule has 0 bridgehead atoms. The summed E-state index contributed by atoms with van der Waals surface area (Å²) in [5, 5.41) is 3.66. The molecular weight excluding hydrogens is 244 g/mol. The van der Waals surface area contributed by atoms with Crippen LogP contribution in [0.5, 0.6) is 0 Å². The minimum absolute atomic E-state index is 0.454. The first-order valence-corrected chi connectivity index (χ1v) is 8.19. The van der Waals surface area contributed by atoms with Crippen LogP contribution in [0.15, 0.2) is 18.2 Å². The summed E-state index contributed by atoms with van der Waals surface area (Å²) in [6, 6.07) is 7.26. The van der Waals surface area contributed by atoms with Gasteiger partial charge in [0, 0.05) is 6.04 Å². The van der Waals surface area contributed by atoms with Gasteiger partial charge in [-0.05, 0) is 82.9 Å². The van der Waals surface area contributed by atoms with Gasteiger partial charge in [-0.25, -0.2) is 0 Å². The lowest BCUT2D eigenvalue weighted by molar-refractivity contribution is 0.225. The van der Waals surface area contributed by atoms with Crippen LogP contribution >= 0.6 is 0 Å². The van der Waals surface area contributed by atoms with Crippen LogP contribution in [0.1, 0.15) is 55.3 Å². The first-order chi connectivity index (χ1) is 9.66. The molecule has 1 aromatic rings. The van der Waals surface area contributed by atoms with E-state index in [-0.39, 0.29) is 0 Å². The van der Waals surface area contributed by atoms with Crippen molar-refractivity contribution in [2.24, 2.45) is 0 Å². The van der Waals surface area contributed by atoms with Crippen LogP contribution in [-0.4, -0.2) is 31.1 Å². The van der Waals surface area contributed by atoms with Gasteiger partial charge in [0.1, 0.15) is 0 Å². The van der Waals surface area contributed by atoms with Crippen LogP contribution in [0.3, 0.4) is 0 Å². The molecule has 1 aromatic carbocycles. The fourth-order valence-corrected chi connectivity index (χ4v) is 2.96. The lowest BCUT2D eigenvalue weighted by atomic mass is 10.0. The summed E-state index contributed by atoms with van der Waals surface area (Å²) in [6.45, 7) is 11.6. The highest BCUT2D eigenvalue weighted by Crippen LogP contribution is 2.16. The zero-order valence-corrected chi connectivity index (χ0v) is 13.4. The Labute approximate surface area is 124 Å². The Balaban J connectivity index is 1.69. The molecule has 0 amide bonds. The lowest BCUT2D eigenvalue weighted by Gasteiger charge is -2.26. The Morgan fingerprint density at radius 2 is 1.85 bits per heavy atom. The van der Waals surface area contributed by atoms with Crippen molar-refractivity contribution >= 4 is 0 Å². The van der Waals surface area contributed by atoms with Gasteiger partial charge in [-0.2, -0.15) is 0 Å². The molecule has 1 aliphatic rings. The summed E-state index contributed by atoms with van der Waals surface area (Å²) in [5.74, 6) is 0. The number of rotatable bonds is 6. The van der Waals surface area contributed by atoms with Crippen molar-refractivity contribution < 1.29 is 0 Å². The van der Waals surface area contributed by atoms with Crippen LogP contribution < -0.4 is 5.32 Å². The van der Waals surface area contributed by atoms with Gasteiger partial charge in [0.2, 0.25) is 0 Å². The molecule has 0 aromatic heterocycles. The number of likely N-dealkylation sites (tertiary alicyclic amines) is 1. The number of hydrogen-bond donors (Lipinski definition) is 1. The van der Waals surface area contributed by atoms with Crippen LogP contribution in [0.2, 0.25) is 0 Å². The van der Waals surface area contributed by atoms with Crippen LogP contribution in [0.25, 0.3) is 0 Å². The Morgan fingerprint density at radius 3 is 2.55 bits per heavy atom. The minimum atomic E-state index is 0.454. The van der Waals surface area contributed by atoms with Gasteiger partial charge >= 0.3 is 0 Å². The summed E-state index contributed by atoms with van der Waals surface area (Å²) in [6.07, 6.45) is 5.48. The Bertz CT molecular complexity index is 408. The average Bonchev–Trinajstić information content (AvgIpc) is 2.47. The Hall–Kier alpha value is -0.860. The summed E-state index contributed by atoms with van der Waals surface area (Å²) in [5.41, 5.74) is 4.18. The number of benzene rings is 1. The Morgan fingerprint density at radius 1 is 1.10 bits per heavy atom. The number of hydrogen-bond acceptors (Lipinski definition) is 2. The van der Waals surface area contributed by atoms with E-state index in [9.17, 15) is 0 Å². The second-order valence-electron chi connectivity index (χ2n) is 6.28. The van der Waals surface area contributed by atoms with Crippen molar-refractivity contribution in [3.05, 3.63) is 34.9 Å². The maximum absolute atomic E-state index is 3.66. The third-order valence-corrected chi connectivity index (χ3v) is 4.58. The molecule has 2 heteroatoms. The molecule has 1 fully saturated rings. The first-order valence-electron chi connectivity index (χ1n) is 8.19. The number of piperidine rings is 1. The zero-order valence-electron chi connectivity index (χ0n) is 13.4. The molecule has 1 aliphatic heterocycles. The van der Waals surface area contributed by atoms with Crippen molar-refractivity contribution in [3.8, 4) is 0 Å². The van der Waals surface area contributed by atoms with Gasteiger partial charge in [0.05, 0.1) is 0 Å². The molecule has 0 aliphatic carbocycles. The van der Waals surface area contributed by atoms with Crippen LogP contribution in [0, 0.1) is 13.8 Å². The van der Waals surface area contributed by atoms with Gasteiger partial charge in [-0.15, -0.1) is 0 Å². The molecule has 2 rings (SSSR count). The SMILES string of the molecule is Cc1ccc(C(C)NCCCN2CCCCC2)cc1C. The highest BCUT2D eigenvalue weighted by atomic mass is 15.1. The number of nitrogens with zero attached hydrogens (tertiary/aromatic N) is 1. The third-order valence-electron chi connectivity index (χ3n) is 4.58. The largest absolute Gasteiger partial charge is 0.310 e. The van der Waals surface area contributed by atoms with E-state index in [1.807, 2.05) is 0 Å². The second kappa shape index (κ2) is 7.80. The predicted molar refractivity (Wildman–Crippen MR) is 87.2 cm³/mol. The molecule has 0 spiro atoms. The molecule has 0 radical (unpaired) electrons. The molecule has 1 N–H and O–H groups in total. The highest BCUT2D eigenvalue weighted by Gasteiger charge is 2.10. The summed E-state index contributed by atoms with van der Waals surface area (Å²) < 4.78 is 0. The zero-order chi connectivity index (χ0) is 14.4. The van der Waals surface area contributed by atoms with Crippen molar-refractivity contribution in [3.63, 3.8) is 0 Å². The molecule has 1 atom stereocenters. The quantitative estimate of drug-likeness (QED) is 0.793.